The second kappa shape index (κ2) is 3.33. The van der Waals surface area contributed by atoms with Crippen LogP contribution < -0.4 is 5.73 Å². The Morgan fingerprint density at radius 2 is 2.12 bits per heavy atom. The number of quaternary nitrogens is 1. The summed E-state index contributed by atoms with van der Waals surface area (Å²) >= 11 is 4.32. The van der Waals surface area contributed by atoms with Crippen molar-refractivity contribution in [3.63, 3.8) is 0 Å². The molecular weight excluding hydrogens is 120 g/mol. The molecule has 0 radical (unpaired) electrons. The van der Waals surface area contributed by atoms with Crippen molar-refractivity contribution in [2.75, 3.05) is 26.7 Å². The van der Waals surface area contributed by atoms with Gasteiger partial charge in [0.1, 0.15) is 6.54 Å². The van der Waals surface area contributed by atoms with Gasteiger partial charge >= 0.3 is 0 Å². The van der Waals surface area contributed by atoms with Crippen LogP contribution in [-0.4, -0.2) is 30.6 Å². The molecule has 0 aromatic rings. The van der Waals surface area contributed by atoms with E-state index in [2.05, 4.69) is 26.8 Å². The van der Waals surface area contributed by atoms with Crippen LogP contribution in [0, 0.1) is 0 Å². The topological polar surface area (TPSA) is 26.0 Å². The molecule has 0 aromatic heterocycles. The number of hydrogen-bond acceptors (Lipinski definition) is 2. The lowest BCUT2D eigenvalue weighted by Gasteiger charge is -2.23. The zero-order valence-corrected chi connectivity index (χ0v) is 6.49. The highest BCUT2D eigenvalue weighted by Gasteiger charge is 2.10. The first-order valence-corrected chi connectivity index (χ1v) is 3.30. The van der Waals surface area contributed by atoms with Crippen LogP contribution >= 0.6 is 12.8 Å². The Morgan fingerprint density at radius 1 is 1.62 bits per heavy atom. The summed E-state index contributed by atoms with van der Waals surface area (Å²) in [5.41, 5.74) is 5.33. The van der Waals surface area contributed by atoms with Crippen LogP contribution in [0.25, 0.3) is 0 Å². The summed E-state index contributed by atoms with van der Waals surface area (Å²) in [6, 6.07) is 0. The van der Waals surface area contributed by atoms with E-state index in [0.29, 0.717) is 6.54 Å². The standard InChI is InChI=1S/C5H15N2S/c1-3-7(2,8)5-4-6/h8H,3-6H2,1-2H3/q+1. The van der Waals surface area contributed by atoms with Gasteiger partial charge in [0.2, 0.25) is 0 Å². The van der Waals surface area contributed by atoms with Gasteiger partial charge in [-0.25, -0.2) is 0 Å². The second-order valence-electron chi connectivity index (χ2n) is 2.17. The van der Waals surface area contributed by atoms with Crippen molar-refractivity contribution in [2.24, 2.45) is 5.73 Å². The average Bonchev–Trinajstić information content (AvgIpc) is 1.67. The summed E-state index contributed by atoms with van der Waals surface area (Å²) in [5.74, 6) is 0. The van der Waals surface area contributed by atoms with Gasteiger partial charge in [0.05, 0.1) is 26.4 Å². The van der Waals surface area contributed by atoms with E-state index in [4.69, 9.17) is 5.73 Å². The van der Waals surface area contributed by atoms with E-state index < -0.39 is 0 Å². The van der Waals surface area contributed by atoms with E-state index in [-0.39, 0.29) is 0 Å². The maximum Gasteiger partial charge on any atom is 0.101 e. The molecule has 50 valence electrons. The molecule has 0 spiro atoms. The normalized spacial score (nSPS) is 18.0. The number of rotatable bonds is 3. The molecule has 0 saturated heterocycles. The van der Waals surface area contributed by atoms with Gasteiger partial charge < -0.3 is 5.73 Å². The smallest absolute Gasteiger partial charge is 0.101 e. The van der Waals surface area contributed by atoms with E-state index in [1.165, 1.54) is 0 Å². The fourth-order valence-electron chi connectivity index (χ4n) is 0.436. The summed E-state index contributed by atoms with van der Waals surface area (Å²) in [6.07, 6.45) is 0. The highest BCUT2D eigenvalue weighted by molar-refractivity contribution is 7.74. The predicted octanol–water partition coefficient (Wildman–Crippen LogP) is 0.256. The Hall–Kier alpha value is 0.270. The van der Waals surface area contributed by atoms with Crippen molar-refractivity contribution in [3.05, 3.63) is 0 Å². The van der Waals surface area contributed by atoms with E-state index in [9.17, 15) is 0 Å². The molecule has 0 bridgehead atoms. The van der Waals surface area contributed by atoms with Gasteiger partial charge in [-0.15, -0.1) is 0 Å². The largest absolute Gasteiger partial charge is 0.326 e. The molecule has 2 N–H and O–H groups in total. The summed E-state index contributed by atoms with van der Waals surface area (Å²) in [5, 5.41) is 0. The van der Waals surface area contributed by atoms with Crippen LogP contribution in [0.1, 0.15) is 6.92 Å². The zero-order valence-electron chi connectivity index (χ0n) is 5.59. The van der Waals surface area contributed by atoms with Crippen LogP contribution in [0.3, 0.4) is 0 Å². The molecule has 2 nitrogen and oxygen atoms in total. The lowest BCUT2D eigenvalue weighted by atomic mass is 10.5. The number of thiol groups is 1. The summed E-state index contributed by atoms with van der Waals surface area (Å²) in [6.45, 7) is 4.79. The van der Waals surface area contributed by atoms with Crippen molar-refractivity contribution in [3.8, 4) is 0 Å². The summed E-state index contributed by atoms with van der Waals surface area (Å²) in [7, 11) is 2.05. The number of nitrogens with zero attached hydrogens (tertiary/aromatic N) is 1. The quantitative estimate of drug-likeness (QED) is 0.421. The first kappa shape index (κ1) is 8.27. The number of hydrogen-bond donors (Lipinski definition) is 2. The van der Waals surface area contributed by atoms with Gasteiger partial charge in [-0.05, 0) is 6.92 Å². The fourth-order valence-corrected chi connectivity index (χ4v) is 0.552. The highest BCUT2D eigenvalue weighted by atomic mass is 32.1. The lowest BCUT2D eigenvalue weighted by Crippen LogP contribution is -2.37. The van der Waals surface area contributed by atoms with Crippen LogP contribution in [-0.2, 0) is 0 Å². The van der Waals surface area contributed by atoms with Gasteiger partial charge in [-0.2, -0.15) is 0 Å². The van der Waals surface area contributed by atoms with Crippen molar-refractivity contribution in [2.45, 2.75) is 6.92 Å². The maximum atomic E-state index is 5.33. The molecule has 0 aliphatic rings. The van der Waals surface area contributed by atoms with Gasteiger partial charge in [0.25, 0.3) is 0 Å². The molecule has 0 rings (SSSR count). The lowest BCUT2D eigenvalue weighted by molar-refractivity contribution is -0.766. The molecule has 0 aliphatic carbocycles. The fraction of sp³-hybridized carbons (Fsp3) is 1.00. The number of nitrogens with two attached hydrogens (primary N) is 1. The monoisotopic (exact) mass is 135 g/mol. The number of likely N-dealkylation sites (N-methyl/N-ethyl adjacent to an activating group) is 1. The highest BCUT2D eigenvalue weighted by Crippen LogP contribution is 2.02. The third-order valence-corrected chi connectivity index (χ3v) is 1.77. The Balaban J connectivity index is 3.37. The second-order valence-corrected chi connectivity index (χ2v) is 3.13. The van der Waals surface area contributed by atoms with Crippen molar-refractivity contribution in [1.82, 2.24) is 0 Å². The minimum absolute atomic E-state index is 0.716. The van der Waals surface area contributed by atoms with Crippen LogP contribution in [0.5, 0.6) is 0 Å². The van der Waals surface area contributed by atoms with Crippen molar-refractivity contribution in [1.29, 1.82) is 0 Å². The molecule has 0 aliphatic heterocycles. The summed E-state index contributed by atoms with van der Waals surface area (Å²) in [4.78, 5) is 0. The molecular formula is C5H15N2S+. The first-order chi connectivity index (χ1) is 3.62. The Bertz CT molecular complexity index is 63.4. The van der Waals surface area contributed by atoms with E-state index in [1.807, 2.05) is 0 Å². The van der Waals surface area contributed by atoms with Gasteiger partial charge in [-0.3, -0.25) is 3.89 Å². The van der Waals surface area contributed by atoms with Gasteiger partial charge in [0, 0.05) is 6.54 Å². The molecule has 0 aromatic carbocycles. The maximum absolute atomic E-state index is 5.33. The van der Waals surface area contributed by atoms with Crippen molar-refractivity contribution < 1.29 is 3.89 Å². The van der Waals surface area contributed by atoms with E-state index in [1.54, 1.807) is 0 Å². The molecule has 0 amide bonds. The van der Waals surface area contributed by atoms with Gasteiger partial charge in [-0.1, -0.05) is 0 Å². The van der Waals surface area contributed by atoms with Crippen LogP contribution in [0.2, 0.25) is 0 Å². The Morgan fingerprint density at radius 3 is 2.25 bits per heavy atom. The minimum Gasteiger partial charge on any atom is -0.326 e. The zero-order chi connectivity index (χ0) is 6.62. The summed E-state index contributed by atoms with van der Waals surface area (Å²) < 4.78 is 0.733. The third kappa shape index (κ3) is 3.29. The Kier molecular flexibility index (Phi) is 3.44. The molecule has 0 heterocycles. The average molecular weight is 135 g/mol. The molecule has 8 heavy (non-hydrogen) atoms. The molecule has 3 heteroatoms. The molecule has 1 atom stereocenters. The Labute approximate surface area is 56.8 Å². The van der Waals surface area contributed by atoms with Crippen molar-refractivity contribution >= 4 is 12.8 Å². The molecule has 0 fully saturated rings. The minimum atomic E-state index is 0.716. The molecule has 1 unspecified atom stereocenters. The van der Waals surface area contributed by atoms with E-state index >= 15 is 0 Å². The predicted molar refractivity (Wildman–Crippen MR) is 39.6 cm³/mol. The molecule has 0 saturated carbocycles. The van der Waals surface area contributed by atoms with Gasteiger partial charge in [0.15, 0.2) is 0 Å². The van der Waals surface area contributed by atoms with Crippen LogP contribution in [0.15, 0.2) is 0 Å². The SMILES string of the molecule is CC[N+](C)(S)CCN. The van der Waals surface area contributed by atoms with Crippen LogP contribution in [0.4, 0.5) is 0 Å². The van der Waals surface area contributed by atoms with E-state index in [0.717, 1.165) is 17.0 Å². The first-order valence-electron chi connectivity index (χ1n) is 2.90. The third-order valence-electron chi connectivity index (χ3n) is 1.29.